The molecule has 0 saturated heterocycles. The van der Waals surface area contributed by atoms with Gasteiger partial charge in [0, 0.05) is 16.2 Å². The van der Waals surface area contributed by atoms with Crippen LogP contribution in [0.15, 0.2) is 17.0 Å². The summed E-state index contributed by atoms with van der Waals surface area (Å²) in [6.45, 7) is 9.97. The van der Waals surface area contributed by atoms with Crippen molar-refractivity contribution < 1.29 is 0 Å². The normalized spacial score (nSPS) is 18.6. The molecule has 0 spiro atoms. The summed E-state index contributed by atoms with van der Waals surface area (Å²) in [5.74, 6) is 0. The molecule has 76 valence electrons. The quantitative estimate of drug-likeness (QED) is 0.697. The van der Waals surface area contributed by atoms with E-state index in [-0.39, 0.29) is 0 Å². The molecular formula is C12H17NS. The maximum absolute atomic E-state index is 3.54. The molecule has 0 aromatic heterocycles. The van der Waals surface area contributed by atoms with Crippen molar-refractivity contribution >= 4 is 17.4 Å². The van der Waals surface area contributed by atoms with Crippen molar-refractivity contribution in [2.45, 2.75) is 37.3 Å². The fraction of sp³-hybridized carbons (Fsp3) is 0.500. The topological polar surface area (TPSA) is 12.0 Å². The molecule has 1 N–H and O–H groups in total. The minimum atomic E-state index is 0.314. The van der Waals surface area contributed by atoms with Crippen molar-refractivity contribution in [3.8, 4) is 0 Å². The predicted molar refractivity (Wildman–Crippen MR) is 64.3 cm³/mol. The van der Waals surface area contributed by atoms with Crippen LogP contribution in [0.5, 0.6) is 0 Å². The van der Waals surface area contributed by atoms with E-state index in [1.807, 2.05) is 11.8 Å². The van der Waals surface area contributed by atoms with Crippen LogP contribution in [-0.4, -0.2) is 11.3 Å². The highest BCUT2D eigenvalue weighted by molar-refractivity contribution is 8.00. The smallest absolute Gasteiger partial charge is 0.0511 e. The first kappa shape index (κ1) is 9.91. The van der Waals surface area contributed by atoms with Gasteiger partial charge in [0.25, 0.3) is 0 Å². The largest absolute Gasteiger partial charge is 0.383 e. The molecule has 1 nitrogen and oxygen atoms in total. The van der Waals surface area contributed by atoms with E-state index in [0.29, 0.717) is 4.75 Å². The standard InChI is InChI=1S/C12H17NS/c1-8-5-6-10-11(9(8)2)13-7-12(3,4)14-10/h5-6,13H,7H2,1-4H3. The summed E-state index contributed by atoms with van der Waals surface area (Å²) in [6, 6.07) is 4.44. The van der Waals surface area contributed by atoms with Gasteiger partial charge in [0.05, 0.1) is 5.69 Å². The van der Waals surface area contributed by atoms with Crippen molar-refractivity contribution in [3.63, 3.8) is 0 Å². The van der Waals surface area contributed by atoms with Crippen LogP contribution in [0, 0.1) is 13.8 Å². The van der Waals surface area contributed by atoms with Gasteiger partial charge >= 0.3 is 0 Å². The van der Waals surface area contributed by atoms with Crippen molar-refractivity contribution in [1.82, 2.24) is 0 Å². The van der Waals surface area contributed by atoms with Crippen molar-refractivity contribution in [2.75, 3.05) is 11.9 Å². The van der Waals surface area contributed by atoms with E-state index >= 15 is 0 Å². The second kappa shape index (κ2) is 3.20. The molecule has 2 rings (SSSR count). The van der Waals surface area contributed by atoms with E-state index < -0.39 is 0 Å². The van der Waals surface area contributed by atoms with Gasteiger partial charge in [0.2, 0.25) is 0 Å². The van der Waals surface area contributed by atoms with Crippen LogP contribution in [0.4, 0.5) is 5.69 Å². The lowest BCUT2D eigenvalue weighted by molar-refractivity contribution is 0.738. The highest BCUT2D eigenvalue weighted by Gasteiger charge is 2.26. The third-order valence-electron chi connectivity index (χ3n) is 2.77. The second-order valence-electron chi connectivity index (χ2n) is 4.60. The summed E-state index contributed by atoms with van der Waals surface area (Å²) in [4.78, 5) is 1.39. The number of nitrogens with one attached hydrogen (secondary N) is 1. The van der Waals surface area contributed by atoms with Gasteiger partial charge in [-0.3, -0.25) is 0 Å². The van der Waals surface area contributed by atoms with E-state index in [0.717, 1.165) is 6.54 Å². The molecule has 0 atom stereocenters. The van der Waals surface area contributed by atoms with E-state index in [4.69, 9.17) is 0 Å². The lowest BCUT2D eigenvalue weighted by Crippen LogP contribution is -2.30. The molecule has 0 bridgehead atoms. The Bertz CT molecular complexity index is 369. The fourth-order valence-corrected chi connectivity index (χ4v) is 2.93. The van der Waals surface area contributed by atoms with Gasteiger partial charge in [-0.05, 0) is 44.9 Å². The SMILES string of the molecule is Cc1ccc2c(c1C)NCC(C)(C)S2. The van der Waals surface area contributed by atoms with E-state index in [1.54, 1.807) is 0 Å². The third-order valence-corrected chi connectivity index (χ3v) is 4.03. The Balaban J connectivity index is 2.46. The zero-order chi connectivity index (χ0) is 10.3. The Hall–Kier alpha value is -0.630. The number of fused-ring (bicyclic) bond motifs is 1. The molecule has 0 unspecified atom stereocenters. The molecule has 0 aliphatic carbocycles. The highest BCUT2D eigenvalue weighted by atomic mass is 32.2. The maximum Gasteiger partial charge on any atom is 0.0511 e. The van der Waals surface area contributed by atoms with Crippen LogP contribution in [0.1, 0.15) is 25.0 Å². The van der Waals surface area contributed by atoms with Crippen LogP contribution in [0.25, 0.3) is 0 Å². The van der Waals surface area contributed by atoms with Gasteiger partial charge in [-0.2, -0.15) is 0 Å². The zero-order valence-electron chi connectivity index (χ0n) is 9.27. The summed E-state index contributed by atoms with van der Waals surface area (Å²) in [7, 11) is 0. The summed E-state index contributed by atoms with van der Waals surface area (Å²) >= 11 is 1.97. The Kier molecular flexibility index (Phi) is 2.26. The summed E-state index contributed by atoms with van der Waals surface area (Å²) < 4.78 is 0.314. The highest BCUT2D eigenvalue weighted by Crippen LogP contribution is 2.43. The van der Waals surface area contributed by atoms with E-state index in [9.17, 15) is 0 Å². The summed E-state index contributed by atoms with van der Waals surface area (Å²) in [6.07, 6.45) is 0. The van der Waals surface area contributed by atoms with Crippen LogP contribution < -0.4 is 5.32 Å². The molecule has 1 aromatic rings. The molecule has 1 aliphatic rings. The molecule has 0 amide bonds. The van der Waals surface area contributed by atoms with Crippen LogP contribution in [0.3, 0.4) is 0 Å². The molecule has 1 aliphatic heterocycles. The molecule has 0 saturated carbocycles. The number of hydrogen-bond donors (Lipinski definition) is 1. The monoisotopic (exact) mass is 207 g/mol. The van der Waals surface area contributed by atoms with Gasteiger partial charge in [0.15, 0.2) is 0 Å². The van der Waals surface area contributed by atoms with Gasteiger partial charge in [0.1, 0.15) is 0 Å². The fourth-order valence-electron chi connectivity index (χ4n) is 1.73. The zero-order valence-corrected chi connectivity index (χ0v) is 10.1. The minimum Gasteiger partial charge on any atom is -0.383 e. The Morgan fingerprint density at radius 1 is 1.29 bits per heavy atom. The molecule has 0 fully saturated rings. The lowest BCUT2D eigenvalue weighted by atomic mass is 10.1. The van der Waals surface area contributed by atoms with Gasteiger partial charge in [-0.15, -0.1) is 11.8 Å². The Morgan fingerprint density at radius 2 is 2.00 bits per heavy atom. The molecule has 0 radical (unpaired) electrons. The summed E-state index contributed by atoms with van der Waals surface area (Å²) in [5.41, 5.74) is 4.11. The lowest BCUT2D eigenvalue weighted by Gasteiger charge is -2.33. The average molecular weight is 207 g/mol. The van der Waals surface area contributed by atoms with Crippen LogP contribution in [-0.2, 0) is 0 Å². The number of aryl methyl sites for hydroxylation is 1. The number of anilines is 1. The van der Waals surface area contributed by atoms with Gasteiger partial charge < -0.3 is 5.32 Å². The first-order chi connectivity index (χ1) is 6.49. The molecule has 14 heavy (non-hydrogen) atoms. The van der Waals surface area contributed by atoms with Crippen molar-refractivity contribution in [1.29, 1.82) is 0 Å². The van der Waals surface area contributed by atoms with E-state index in [1.165, 1.54) is 21.7 Å². The molecule has 1 heterocycles. The van der Waals surface area contributed by atoms with Crippen molar-refractivity contribution in [2.24, 2.45) is 0 Å². The first-order valence-electron chi connectivity index (χ1n) is 5.03. The van der Waals surface area contributed by atoms with E-state index in [2.05, 4.69) is 45.1 Å². The Labute approximate surface area is 90.3 Å². The number of benzene rings is 1. The van der Waals surface area contributed by atoms with Crippen LogP contribution >= 0.6 is 11.8 Å². The summed E-state index contributed by atoms with van der Waals surface area (Å²) in [5, 5.41) is 3.54. The maximum atomic E-state index is 3.54. The predicted octanol–water partition coefficient (Wildman–Crippen LogP) is 3.60. The number of thioether (sulfide) groups is 1. The number of hydrogen-bond acceptors (Lipinski definition) is 2. The number of rotatable bonds is 0. The minimum absolute atomic E-state index is 0.314. The molecular weight excluding hydrogens is 190 g/mol. The van der Waals surface area contributed by atoms with Gasteiger partial charge in [-0.25, -0.2) is 0 Å². The third kappa shape index (κ3) is 1.63. The second-order valence-corrected chi connectivity index (χ2v) is 6.35. The van der Waals surface area contributed by atoms with Gasteiger partial charge in [-0.1, -0.05) is 6.07 Å². The molecule has 2 heteroatoms. The molecule has 1 aromatic carbocycles. The average Bonchev–Trinajstić information content (AvgIpc) is 2.10. The first-order valence-corrected chi connectivity index (χ1v) is 5.84. The van der Waals surface area contributed by atoms with Crippen molar-refractivity contribution in [3.05, 3.63) is 23.3 Å². The Morgan fingerprint density at radius 3 is 2.71 bits per heavy atom. The van der Waals surface area contributed by atoms with Crippen LogP contribution in [0.2, 0.25) is 0 Å².